The highest BCUT2D eigenvalue weighted by molar-refractivity contribution is 7.89. The highest BCUT2D eigenvalue weighted by atomic mass is 32.2. The van der Waals surface area contributed by atoms with Crippen LogP contribution in [0.3, 0.4) is 0 Å². The van der Waals surface area contributed by atoms with Crippen molar-refractivity contribution in [2.75, 3.05) is 13.6 Å². The summed E-state index contributed by atoms with van der Waals surface area (Å²) in [5, 5.41) is 2.74. The molecule has 6 nitrogen and oxygen atoms in total. The molecule has 2 rings (SSSR count). The fourth-order valence-electron chi connectivity index (χ4n) is 1.83. The second-order valence-corrected chi connectivity index (χ2v) is 7.23. The lowest BCUT2D eigenvalue weighted by molar-refractivity contribution is -0.121. The van der Waals surface area contributed by atoms with Crippen molar-refractivity contribution in [1.82, 2.24) is 9.62 Å². The van der Waals surface area contributed by atoms with Crippen LogP contribution >= 0.6 is 0 Å². The number of rotatable bonds is 6. The average molecular weight is 310 g/mol. The van der Waals surface area contributed by atoms with E-state index in [9.17, 15) is 18.0 Å². The number of carbonyl (C=O) groups excluding carboxylic acids is 2. The average Bonchev–Trinajstić information content (AvgIpc) is 3.22. The molecular formula is C14H18N2O4S. The minimum Gasteiger partial charge on any atom is -0.352 e. The molecule has 1 aliphatic carbocycles. The van der Waals surface area contributed by atoms with Gasteiger partial charge in [0, 0.05) is 18.7 Å². The third kappa shape index (κ3) is 3.89. The van der Waals surface area contributed by atoms with Gasteiger partial charge in [-0.05, 0) is 31.9 Å². The quantitative estimate of drug-likeness (QED) is 0.787. The van der Waals surface area contributed by atoms with E-state index in [2.05, 4.69) is 5.32 Å². The first kappa shape index (κ1) is 15.7. The van der Waals surface area contributed by atoms with Gasteiger partial charge >= 0.3 is 0 Å². The topological polar surface area (TPSA) is 83.6 Å². The van der Waals surface area contributed by atoms with Gasteiger partial charge in [0.1, 0.15) is 0 Å². The Hall–Kier alpha value is -1.73. The van der Waals surface area contributed by atoms with Crippen molar-refractivity contribution in [2.24, 2.45) is 0 Å². The van der Waals surface area contributed by atoms with Crippen LogP contribution in [0.5, 0.6) is 0 Å². The van der Waals surface area contributed by atoms with E-state index in [0.717, 1.165) is 17.1 Å². The van der Waals surface area contributed by atoms with Gasteiger partial charge in [-0.2, -0.15) is 4.31 Å². The molecule has 114 valence electrons. The Labute approximate surface area is 124 Å². The lowest BCUT2D eigenvalue weighted by Gasteiger charge is -2.17. The van der Waals surface area contributed by atoms with Gasteiger partial charge < -0.3 is 5.32 Å². The van der Waals surface area contributed by atoms with Crippen molar-refractivity contribution in [2.45, 2.75) is 30.7 Å². The molecule has 1 aromatic carbocycles. The Morgan fingerprint density at radius 3 is 2.29 bits per heavy atom. The lowest BCUT2D eigenvalue weighted by Crippen LogP contribution is -2.39. The summed E-state index contributed by atoms with van der Waals surface area (Å²) in [6.07, 6.45) is 1.91. The van der Waals surface area contributed by atoms with E-state index in [4.69, 9.17) is 0 Å². The number of hydrogen-bond acceptors (Lipinski definition) is 4. The molecule has 0 bridgehead atoms. The first-order valence-electron chi connectivity index (χ1n) is 6.67. The maximum atomic E-state index is 12.3. The van der Waals surface area contributed by atoms with Gasteiger partial charge in [-0.3, -0.25) is 9.59 Å². The van der Waals surface area contributed by atoms with Crippen LogP contribution in [0.15, 0.2) is 29.2 Å². The molecule has 1 N–H and O–H groups in total. The van der Waals surface area contributed by atoms with Crippen LogP contribution in [0.4, 0.5) is 0 Å². The van der Waals surface area contributed by atoms with Crippen LogP contribution in [-0.4, -0.2) is 44.0 Å². The van der Waals surface area contributed by atoms with Gasteiger partial charge in [0.15, 0.2) is 5.78 Å². The molecule has 1 fully saturated rings. The molecule has 0 aliphatic heterocycles. The first-order valence-corrected chi connectivity index (χ1v) is 8.11. The highest BCUT2D eigenvalue weighted by Gasteiger charge is 2.27. The van der Waals surface area contributed by atoms with Crippen LogP contribution in [0.1, 0.15) is 30.1 Å². The normalized spacial score (nSPS) is 15.0. The Morgan fingerprint density at radius 2 is 1.81 bits per heavy atom. The third-order valence-electron chi connectivity index (χ3n) is 3.28. The summed E-state index contributed by atoms with van der Waals surface area (Å²) in [5.74, 6) is -0.431. The summed E-state index contributed by atoms with van der Waals surface area (Å²) >= 11 is 0. The van der Waals surface area contributed by atoms with Gasteiger partial charge in [0.25, 0.3) is 0 Å². The third-order valence-corrected chi connectivity index (χ3v) is 5.10. The first-order chi connectivity index (χ1) is 9.80. The number of ketones is 1. The number of hydrogen-bond donors (Lipinski definition) is 1. The molecule has 1 amide bonds. The molecule has 0 aromatic heterocycles. The molecule has 0 atom stereocenters. The largest absolute Gasteiger partial charge is 0.352 e. The molecule has 1 aliphatic rings. The number of nitrogens with one attached hydrogen (secondary N) is 1. The zero-order valence-electron chi connectivity index (χ0n) is 12.0. The van der Waals surface area contributed by atoms with Crippen LogP contribution in [-0.2, 0) is 14.8 Å². The SMILES string of the molecule is CC(=O)c1ccc(S(=O)(=O)N(C)CC(=O)NC2CC2)cc1. The zero-order chi connectivity index (χ0) is 15.6. The van der Waals surface area contributed by atoms with E-state index >= 15 is 0 Å². The Kier molecular flexibility index (Phi) is 4.43. The fourth-order valence-corrected chi connectivity index (χ4v) is 2.96. The molecule has 0 unspecified atom stereocenters. The molecule has 0 radical (unpaired) electrons. The lowest BCUT2D eigenvalue weighted by atomic mass is 10.2. The van der Waals surface area contributed by atoms with Gasteiger partial charge in [0.05, 0.1) is 11.4 Å². The van der Waals surface area contributed by atoms with E-state index in [1.54, 1.807) is 0 Å². The van der Waals surface area contributed by atoms with E-state index in [1.165, 1.54) is 38.2 Å². The van der Waals surface area contributed by atoms with E-state index < -0.39 is 10.0 Å². The molecule has 0 saturated heterocycles. The predicted molar refractivity (Wildman–Crippen MR) is 77.4 cm³/mol. The van der Waals surface area contributed by atoms with Gasteiger partial charge in [-0.1, -0.05) is 12.1 Å². The maximum absolute atomic E-state index is 12.3. The molecule has 7 heteroatoms. The molecule has 1 saturated carbocycles. The molecular weight excluding hydrogens is 292 g/mol. The molecule has 0 spiro atoms. The van der Waals surface area contributed by atoms with Gasteiger partial charge in [-0.15, -0.1) is 0 Å². The van der Waals surface area contributed by atoms with Crippen molar-refractivity contribution >= 4 is 21.7 Å². The van der Waals surface area contributed by atoms with Gasteiger partial charge in [-0.25, -0.2) is 8.42 Å². The van der Waals surface area contributed by atoms with Crippen LogP contribution in [0.2, 0.25) is 0 Å². The Bertz CT molecular complexity index is 648. The summed E-state index contributed by atoms with van der Waals surface area (Å²) in [6, 6.07) is 5.88. The maximum Gasteiger partial charge on any atom is 0.243 e. The zero-order valence-corrected chi connectivity index (χ0v) is 12.8. The van der Waals surface area contributed by atoms with Gasteiger partial charge in [0.2, 0.25) is 15.9 Å². The van der Waals surface area contributed by atoms with E-state index in [-0.39, 0.29) is 29.2 Å². The van der Waals surface area contributed by atoms with Crippen molar-refractivity contribution < 1.29 is 18.0 Å². The van der Waals surface area contributed by atoms with Crippen LogP contribution < -0.4 is 5.32 Å². The van der Waals surface area contributed by atoms with Crippen molar-refractivity contribution in [3.8, 4) is 0 Å². The minimum absolute atomic E-state index is 0.0641. The summed E-state index contributed by atoms with van der Waals surface area (Å²) in [4.78, 5) is 22.9. The summed E-state index contributed by atoms with van der Waals surface area (Å²) < 4.78 is 25.6. The highest BCUT2D eigenvalue weighted by Crippen LogP contribution is 2.19. The standard InChI is InChI=1S/C14H18N2O4S/c1-10(17)11-3-7-13(8-4-11)21(19,20)16(2)9-14(18)15-12-5-6-12/h3-4,7-8,12H,5-6,9H2,1-2H3,(H,15,18). The summed E-state index contributed by atoms with van der Waals surface area (Å²) in [6.45, 7) is 1.20. The Balaban J connectivity index is 2.08. The number of likely N-dealkylation sites (N-methyl/N-ethyl adjacent to an activating group) is 1. The Morgan fingerprint density at radius 1 is 1.24 bits per heavy atom. The monoisotopic (exact) mass is 310 g/mol. The number of amides is 1. The minimum atomic E-state index is -3.73. The molecule has 21 heavy (non-hydrogen) atoms. The molecule has 1 aromatic rings. The summed E-state index contributed by atoms with van der Waals surface area (Å²) in [5.41, 5.74) is 0.447. The second kappa shape index (κ2) is 5.95. The number of Topliss-reactive ketones (excluding diaryl/α,β-unsaturated/α-hetero) is 1. The molecule has 0 heterocycles. The van der Waals surface area contributed by atoms with E-state index in [0.29, 0.717) is 5.56 Å². The number of nitrogens with zero attached hydrogens (tertiary/aromatic N) is 1. The summed E-state index contributed by atoms with van der Waals surface area (Å²) in [7, 11) is -2.37. The smallest absolute Gasteiger partial charge is 0.243 e. The number of sulfonamides is 1. The van der Waals surface area contributed by atoms with Crippen LogP contribution in [0.25, 0.3) is 0 Å². The number of carbonyl (C=O) groups is 2. The van der Waals surface area contributed by atoms with Crippen molar-refractivity contribution in [3.05, 3.63) is 29.8 Å². The number of benzene rings is 1. The predicted octanol–water partition coefficient (Wildman–Crippen LogP) is 0.788. The second-order valence-electron chi connectivity index (χ2n) is 5.18. The van der Waals surface area contributed by atoms with Crippen molar-refractivity contribution in [1.29, 1.82) is 0 Å². The van der Waals surface area contributed by atoms with E-state index in [1.807, 2.05) is 0 Å². The fraction of sp³-hybridized carbons (Fsp3) is 0.429. The van der Waals surface area contributed by atoms with Crippen LogP contribution in [0, 0.1) is 0 Å². The van der Waals surface area contributed by atoms with Crippen molar-refractivity contribution in [3.63, 3.8) is 0 Å².